The van der Waals surface area contributed by atoms with E-state index in [2.05, 4.69) is 16.7 Å². The Kier molecular flexibility index (Phi) is 4.69. The van der Waals surface area contributed by atoms with E-state index in [-0.39, 0.29) is 5.91 Å². The predicted molar refractivity (Wildman–Crippen MR) is 92.6 cm³/mol. The van der Waals surface area contributed by atoms with Gasteiger partial charge in [0.1, 0.15) is 0 Å². The van der Waals surface area contributed by atoms with Crippen LogP contribution >= 0.6 is 0 Å². The molecule has 0 atom stereocenters. The molecular formula is C20H17N2O. The lowest BCUT2D eigenvalue weighted by molar-refractivity contribution is 0.0951. The fourth-order valence-electron chi connectivity index (χ4n) is 2.24. The Bertz CT molecular complexity index is 770. The van der Waals surface area contributed by atoms with Crippen molar-refractivity contribution in [2.75, 3.05) is 5.32 Å². The Morgan fingerprint density at radius 1 is 0.870 bits per heavy atom. The number of hydrogen-bond donors (Lipinski definition) is 2. The minimum absolute atomic E-state index is 0.109. The van der Waals surface area contributed by atoms with Crippen LogP contribution in [0.4, 0.5) is 11.4 Å². The average molecular weight is 301 g/mol. The molecule has 3 aromatic rings. The summed E-state index contributed by atoms with van der Waals surface area (Å²) >= 11 is 0. The monoisotopic (exact) mass is 301 g/mol. The van der Waals surface area contributed by atoms with Crippen molar-refractivity contribution in [1.29, 1.82) is 0 Å². The maximum Gasteiger partial charge on any atom is 0.251 e. The summed E-state index contributed by atoms with van der Waals surface area (Å²) in [7, 11) is 0. The smallest absolute Gasteiger partial charge is 0.251 e. The number of para-hydroxylation sites is 1. The lowest BCUT2D eigenvalue weighted by Crippen LogP contribution is -2.22. The third-order valence-corrected chi connectivity index (χ3v) is 3.41. The normalized spacial score (nSPS) is 10.1. The molecule has 0 heterocycles. The van der Waals surface area contributed by atoms with Gasteiger partial charge < -0.3 is 10.6 Å². The highest BCUT2D eigenvalue weighted by Crippen LogP contribution is 2.17. The molecule has 0 unspecified atom stereocenters. The first-order valence-electron chi connectivity index (χ1n) is 7.46. The highest BCUT2D eigenvalue weighted by Gasteiger charge is 2.06. The van der Waals surface area contributed by atoms with E-state index in [1.807, 2.05) is 72.8 Å². The Labute approximate surface area is 136 Å². The molecule has 0 aliphatic rings. The van der Waals surface area contributed by atoms with Crippen molar-refractivity contribution in [1.82, 2.24) is 5.32 Å². The van der Waals surface area contributed by atoms with E-state index >= 15 is 0 Å². The van der Waals surface area contributed by atoms with Crippen molar-refractivity contribution in [2.45, 2.75) is 6.54 Å². The first kappa shape index (κ1) is 14.9. The maximum atomic E-state index is 12.3. The zero-order valence-corrected chi connectivity index (χ0v) is 12.6. The highest BCUT2D eigenvalue weighted by molar-refractivity contribution is 5.95. The Morgan fingerprint density at radius 3 is 2.30 bits per heavy atom. The molecule has 3 aromatic carbocycles. The van der Waals surface area contributed by atoms with E-state index in [0.29, 0.717) is 12.1 Å². The molecule has 0 saturated heterocycles. The van der Waals surface area contributed by atoms with Gasteiger partial charge >= 0.3 is 0 Å². The van der Waals surface area contributed by atoms with Gasteiger partial charge in [-0.1, -0.05) is 48.5 Å². The number of nitrogens with one attached hydrogen (secondary N) is 2. The Balaban J connectivity index is 1.65. The zero-order chi connectivity index (χ0) is 15.9. The van der Waals surface area contributed by atoms with Gasteiger partial charge in [-0.3, -0.25) is 4.79 Å². The molecule has 0 saturated carbocycles. The number of benzene rings is 3. The SMILES string of the molecule is O=C(NCc1ccccc1)c1c[c]cc(Nc2ccccc2)c1. The van der Waals surface area contributed by atoms with Crippen molar-refractivity contribution in [3.63, 3.8) is 0 Å². The van der Waals surface area contributed by atoms with Crippen LogP contribution in [0.3, 0.4) is 0 Å². The summed E-state index contributed by atoms with van der Waals surface area (Å²) in [6.07, 6.45) is 0. The van der Waals surface area contributed by atoms with E-state index in [1.54, 1.807) is 6.07 Å². The van der Waals surface area contributed by atoms with Gasteiger partial charge in [-0.05, 0) is 42.0 Å². The Hall–Kier alpha value is -3.07. The van der Waals surface area contributed by atoms with E-state index in [4.69, 9.17) is 0 Å². The van der Waals surface area contributed by atoms with Crippen LogP contribution in [0.5, 0.6) is 0 Å². The zero-order valence-electron chi connectivity index (χ0n) is 12.6. The third kappa shape index (κ3) is 4.20. The number of carbonyl (C=O) groups is 1. The molecule has 0 fully saturated rings. The van der Waals surface area contributed by atoms with Crippen LogP contribution < -0.4 is 10.6 Å². The predicted octanol–water partition coefficient (Wildman–Crippen LogP) is 4.16. The van der Waals surface area contributed by atoms with Crippen molar-refractivity contribution in [3.05, 3.63) is 96.1 Å². The maximum absolute atomic E-state index is 12.3. The summed E-state index contributed by atoms with van der Waals surface area (Å²) in [5.74, 6) is -0.109. The van der Waals surface area contributed by atoms with E-state index < -0.39 is 0 Å². The van der Waals surface area contributed by atoms with Gasteiger partial charge in [0.25, 0.3) is 5.91 Å². The molecule has 3 rings (SSSR count). The molecule has 0 spiro atoms. The molecule has 0 aliphatic carbocycles. The molecule has 0 aliphatic heterocycles. The summed E-state index contributed by atoms with van der Waals surface area (Å²) in [5.41, 5.74) is 3.47. The average Bonchev–Trinajstić information content (AvgIpc) is 2.62. The molecule has 1 amide bonds. The van der Waals surface area contributed by atoms with Gasteiger partial charge in [0.15, 0.2) is 0 Å². The second-order valence-corrected chi connectivity index (χ2v) is 5.17. The van der Waals surface area contributed by atoms with Gasteiger partial charge in [0.2, 0.25) is 0 Å². The fraction of sp³-hybridized carbons (Fsp3) is 0.0500. The summed E-state index contributed by atoms with van der Waals surface area (Å²) in [6.45, 7) is 0.510. The van der Waals surface area contributed by atoms with Gasteiger partial charge in [0, 0.05) is 23.5 Å². The second-order valence-electron chi connectivity index (χ2n) is 5.17. The summed E-state index contributed by atoms with van der Waals surface area (Å²) < 4.78 is 0. The molecular weight excluding hydrogens is 284 g/mol. The third-order valence-electron chi connectivity index (χ3n) is 3.41. The Morgan fingerprint density at radius 2 is 1.57 bits per heavy atom. The van der Waals surface area contributed by atoms with Crippen LogP contribution in [0.2, 0.25) is 0 Å². The van der Waals surface area contributed by atoms with E-state index in [9.17, 15) is 4.79 Å². The number of anilines is 2. The van der Waals surface area contributed by atoms with Crippen LogP contribution in [0.15, 0.2) is 78.9 Å². The molecule has 1 radical (unpaired) electrons. The van der Waals surface area contributed by atoms with Crippen LogP contribution in [-0.4, -0.2) is 5.91 Å². The van der Waals surface area contributed by atoms with Crippen LogP contribution in [-0.2, 0) is 6.54 Å². The number of carbonyl (C=O) groups excluding carboxylic acids is 1. The number of hydrogen-bond acceptors (Lipinski definition) is 2. The quantitative estimate of drug-likeness (QED) is 0.743. The van der Waals surface area contributed by atoms with Crippen LogP contribution in [0, 0.1) is 6.07 Å². The lowest BCUT2D eigenvalue weighted by atomic mass is 10.1. The molecule has 113 valence electrons. The van der Waals surface area contributed by atoms with E-state index in [0.717, 1.165) is 16.9 Å². The largest absolute Gasteiger partial charge is 0.355 e. The van der Waals surface area contributed by atoms with Gasteiger partial charge in [-0.2, -0.15) is 0 Å². The van der Waals surface area contributed by atoms with Gasteiger partial charge in [-0.25, -0.2) is 0 Å². The van der Waals surface area contributed by atoms with Crippen LogP contribution in [0.1, 0.15) is 15.9 Å². The van der Waals surface area contributed by atoms with Crippen molar-refractivity contribution < 1.29 is 4.79 Å². The second kappa shape index (κ2) is 7.27. The summed E-state index contributed by atoms with van der Waals surface area (Å²) in [4.78, 5) is 12.3. The van der Waals surface area contributed by atoms with Crippen LogP contribution in [0.25, 0.3) is 0 Å². The molecule has 23 heavy (non-hydrogen) atoms. The topological polar surface area (TPSA) is 41.1 Å². The van der Waals surface area contributed by atoms with Gasteiger partial charge in [-0.15, -0.1) is 0 Å². The minimum atomic E-state index is -0.109. The molecule has 3 nitrogen and oxygen atoms in total. The molecule has 0 aromatic heterocycles. The van der Waals surface area contributed by atoms with Crippen molar-refractivity contribution >= 4 is 17.3 Å². The first-order valence-corrected chi connectivity index (χ1v) is 7.46. The molecule has 3 heteroatoms. The fourth-order valence-corrected chi connectivity index (χ4v) is 2.24. The van der Waals surface area contributed by atoms with Gasteiger partial charge in [0.05, 0.1) is 0 Å². The summed E-state index contributed by atoms with van der Waals surface area (Å²) in [6, 6.07) is 28.0. The lowest BCUT2D eigenvalue weighted by Gasteiger charge is -2.09. The standard InChI is InChI=1S/C20H17N2O/c23-20(21-15-16-8-3-1-4-9-16)17-10-7-13-19(14-17)22-18-11-5-2-6-12-18/h1-6,8-14,22H,15H2,(H,21,23). The minimum Gasteiger partial charge on any atom is -0.355 e. The highest BCUT2D eigenvalue weighted by atomic mass is 16.1. The molecule has 2 N–H and O–H groups in total. The molecule has 0 bridgehead atoms. The van der Waals surface area contributed by atoms with E-state index in [1.165, 1.54) is 0 Å². The first-order chi connectivity index (χ1) is 11.3. The number of amides is 1. The number of rotatable bonds is 5. The summed E-state index contributed by atoms with van der Waals surface area (Å²) in [5, 5.41) is 6.18. The van der Waals surface area contributed by atoms with Crippen molar-refractivity contribution in [2.24, 2.45) is 0 Å². The van der Waals surface area contributed by atoms with Crippen molar-refractivity contribution in [3.8, 4) is 0 Å².